The minimum absolute atomic E-state index is 0.0555. The second kappa shape index (κ2) is 9.24. The lowest BCUT2D eigenvalue weighted by Crippen LogP contribution is -2.43. The number of nitrogens with zero attached hydrogens (tertiary/aromatic N) is 3. The van der Waals surface area contributed by atoms with Gasteiger partial charge in [-0.25, -0.2) is 8.42 Å². The van der Waals surface area contributed by atoms with Gasteiger partial charge in [-0.2, -0.15) is 4.31 Å². The third-order valence-electron chi connectivity index (χ3n) is 5.65. The molecule has 2 aliphatic heterocycles. The summed E-state index contributed by atoms with van der Waals surface area (Å²) in [6, 6.07) is 11.1. The van der Waals surface area contributed by atoms with E-state index in [0.717, 1.165) is 0 Å². The number of fused-ring (bicyclic) bond motifs is 1. The topological polar surface area (TPSA) is 124 Å². The molecule has 0 aliphatic carbocycles. The average Bonchev–Trinajstić information content (AvgIpc) is 3.32. The number of halogens is 1. The molecule has 0 bridgehead atoms. The first-order valence-corrected chi connectivity index (χ1v) is 12.5. The van der Waals surface area contributed by atoms with Crippen LogP contribution < -0.4 is 14.8 Å². The number of nitrogens with one attached hydrogen (secondary N) is 1. The third-order valence-corrected chi connectivity index (χ3v) is 7.78. The lowest BCUT2D eigenvalue weighted by molar-refractivity contribution is -0.121. The van der Waals surface area contributed by atoms with Gasteiger partial charge in [0.15, 0.2) is 11.5 Å². The van der Waals surface area contributed by atoms with E-state index in [-0.39, 0.29) is 29.3 Å². The van der Waals surface area contributed by atoms with Gasteiger partial charge in [0.2, 0.25) is 21.8 Å². The lowest BCUT2D eigenvalue weighted by atomic mass is 9.99. The number of piperidine rings is 1. The molecule has 10 nitrogen and oxygen atoms in total. The van der Waals surface area contributed by atoms with Gasteiger partial charge in [-0.3, -0.25) is 10.1 Å². The normalized spacial score (nSPS) is 18.4. The summed E-state index contributed by atoms with van der Waals surface area (Å²) in [6.45, 7) is 1.33. The summed E-state index contributed by atoms with van der Waals surface area (Å²) >= 11 is 5.87. The lowest BCUT2D eigenvalue weighted by Gasteiger charge is -2.30. The standard InChI is InChI=1S/C22H21ClN4O6S/c23-16-4-6-17(7-5-16)34(29,30)27-9-1-2-15(13-27)20(28)24-22-26-25-21(33-22)14-3-8-18-19(12-14)32-11-10-31-18/h3-8,12,15H,1-2,9-11,13H2,(H,24,26,28). The Kier molecular flexibility index (Phi) is 6.15. The number of carbonyl (C=O) groups excluding carboxylic acids is 1. The molecule has 0 radical (unpaired) electrons. The smallest absolute Gasteiger partial charge is 0.322 e. The van der Waals surface area contributed by atoms with Crippen molar-refractivity contribution < 1.29 is 27.1 Å². The molecule has 0 spiro atoms. The average molecular weight is 505 g/mol. The Morgan fingerprint density at radius 2 is 1.82 bits per heavy atom. The summed E-state index contributed by atoms with van der Waals surface area (Å²) in [5.41, 5.74) is 0.621. The fraction of sp³-hybridized carbons (Fsp3) is 0.318. The zero-order chi connectivity index (χ0) is 23.7. The quantitative estimate of drug-likeness (QED) is 0.561. The van der Waals surface area contributed by atoms with Crippen LogP contribution in [0, 0.1) is 5.92 Å². The summed E-state index contributed by atoms with van der Waals surface area (Å²) < 4.78 is 43.9. The number of hydrogen-bond donors (Lipinski definition) is 1. The fourth-order valence-corrected chi connectivity index (χ4v) is 5.55. The van der Waals surface area contributed by atoms with Crippen LogP contribution in [0.5, 0.6) is 11.5 Å². The van der Waals surface area contributed by atoms with Crippen molar-refractivity contribution >= 4 is 33.5 Å². The number of aromatic nitrogens is 2. The molecule has 1 aromatic heterocycles. The highest BCUT2D eigenvalue weighted by Crippen LogP contribution is 2.34. The van der Waals surface area contributed by atoms with Crippen molar-refractivity contribution in [1.29, 1.82) is 0 Å². The van der Waals surface area contributed by atoms with Gasteiger partial charge in [-0.05, 0) is 55.3 Å². The van der Waals surface area contributed by atoms with Crippen LogP contribution >= 0.6 is 11.6 Å². The van der Waals surface area contributed by atoms with Crippen molar-refractivity contribution in [3.05, 3.63) is 47.5 Å². The molecule has 12 heteroatoms. The first-order valence-electron chi connectivity index (χ1n) is 10.7. The number of benzene rings is 2. The highest BCUT2D eigenvalue weighted by Gasteiger charge is 2.34. The summed E-state index contributed by atoms with van der Waals surface area (Å²) in [7, 11) is -3.74. The number of rotatable bonds is 5. The Morgan fingerprint density at radius 1 is 1.06 bits per heavy atom. The molecule has 2 aromatic carbocycles. The van der Waals surface area contributed by atoms with Gasteiger partial charge in [0.25, 0.3) is 0 Å². The maximum absolute atomic E-state index is 13.0. The highest BCUT2D eigenvalue weighted by atomic mass is 35.5. The summed E-state index contributed by atoms with van der Waals surface area (Å²) in [5.74, 6) is 0.492. The van der Waals surface area contributed by atoms with Crippen molar-refractivity contribution in [2.75, 3.05) is 31.6 Å². The van der Waals surface area contributed by atoms with E-state index < -0.39 is 15.9 Å². The molecule has 3 aromatic rings. The molecule has 0 saturated carbocycles. The van der Waals surface area contributed by atoms with Crippen molar-refractivity contribution in [3.63, 3.8) is 0 Å². The molecule has 3 heterocycles. The molecule has 178 valence electrons. The number of hydrogen-bond acceptors (Lipinski definition) is 8. The number of sulfonamides is 1. The maximum atomic E-state index is 13.0. The summed E-state index contributed by atoms with van der Waals surface area (Å²) in [6.07, 6.45) is 1.10. The van der Waals surface area contributed by atoms with Gasteiger partial charge in [-0.1, -0.05) is 16.7 Å². The zero-order valence-electron chi connectivity index (χ0n) is 17.9. The van der Waals surface area contributed by atoms with E-state index in [1.54, 1.807) is 18.2 Å². The largest absolute Gasteiger partial charge is 0.486 e. The molecule has 1 fully saturated rings. The van der Waals surface area contributed by atoms with Crippen molar-refractivity contribution in [2.24, 2.45) is 5.92 Å². The summed E-state index contributed by atoms with van der Waals surface area (Å²) in [5, 5.41) is 10.9. The van der Waals surface area contributed by atoms with E-state index in [4.69, 9.17) is 25.5 Å². The molecule has 34 heavy (non-hydrogen) atoms. The number of anilines is 1. The van der Waals surface area contributed by atoms with Crippen molar-refractivity contribution in [2.45, 2.75) is 17.7 Å². The molecule has 1 unspecified atom stereocenters. The van der Waals surface area contributed by atoms with Gasteiger partial charge in [0.1, 0.15) is 13.2 Å². The molecule has 1 atom stereocenters. The predicted molar refractivity (Wildman–Crippen MR) is 122 cm³/mol. The van der Waals surface area contributed by atoms with Crippen molar-refractivity contribution in [3.8, 4) is 23.0 Å². The van der Waals surface area contributed by atoms with Crippen LogP contribution in [-0.2, 0) is 14.8 Å². The first kappa shape index (κ1) is 22.6. The van der Waals surface area contributed by atoms with Crippen molar-refractivity contribution in [1.82, 2.24) is 14.5 Å². The van der Waals surface area contributed by atoms with E-state index in [9.17, 15) is 13.2 Å². The Labute approximate surface area is 200 Å². The molecule has 1 saturated heterocycles. The first-order chi connectivity index (χ1) is 16.4. The monoisotopic (exact) mass is 504 g/mol. The van der Waals surface area contributed by atoms with Gasteiger partial charge in [0, 0.05) is 23.7 Å². The number of ether oxygens (including phenoxy) is 2. The number of amides is 1. The molecular formula is C22H21ClN4O6S. The van der Waals surface area contributed by atoms with Gasteiger partial charge < -0.3 is 13.9 Å². The van der Waals surface area contributed by atoms with Gasteiger partial charge in [0.05, 0.1) is 10.8 Å². The fourth-order valence-electron chi connectivity index (χ4n) is 3.90. The van der Waals surface area contributed by atoms with Crippen LogP contribution in [-0.4, -0.2) is 55.1 Å². The van der Waals surface area contributed by atoms with Gasteiger partial charge in [-0.15, -0.1) is 5.10 Å². The maximum Gasteiger partial charge on any atom is 0.322 e. The van der Waals surface area contributed by atoms with Crippen LogP contribution in [0.15, 0.2) is 51.8 Å². The molecule has 5 rings (SSSR count). The SMILES string of the molecule is O=C(Nc1nnc(-c2ccc3c(c2)OCCO3)o1)C1CCCN(S(=O)(=O)c2ccc(Cl)cc2)C1. The Hall–Kier alpha value is -3.15. The minimum atomic E-state index is -3.74. The van der Waals surface area contributed by atoms with E-state index in [1.165, 1.54) is 28.6 Å². The van der Waals surface area contributed by atoms with E-state index in [1.807, 2.05) is 0 Å². The zero-order valence-corrected chi connectivity index (χ0v) is 19.5. The van der Waals surface area contributed by atoms with Crippen LogP contribution in [0.4, 0.5) is 6.01 Å². The van der Waals surface area contributed by atoms with Crippen LogP contribution in [0.3, 0.4) is 0 Å². The van der Waals surface area contributed by atoms with E-state index in [2.05, 4.69) is 15.5 Å². The van der Waals surface area contributed by atoms with E-state index in [0.29, 0.717) is 54.7 Å². The van der Waals surface area contributed by atoms with Crippen LogP contribution in [0.1, 0.15) is 12.8 Å². The second-order valence-electron chi connectivity index (χ2n) is 7.92. The summed E-state index contributed by atoms with van der Waals surface area (Å²) in [4.78, 5) is 13.0. The third kappa shape index (κ3) is 4.59. The van der Waals surface area contributed by atoms with Gasteiger partial charge >= 0.3 is 6.01 Å². The number of carbonyl (C=O) groups is 1. The molecule has 1 amide bonds. The second-order valence-corrected chi connectivity index (χ2v) is 10.3. The van der Waals surface area contributed by atoms with Crippen LogP contribution in [0.2, 0.25) is 5.02 Å². The van der Waals surface area contributed by atoms with Crippen LogP contribution in [0.25, 0.3) is 11.5 Å². The van der Waals surface area contributed by atoms with E-state index >= 15 is 0 Å². The Balaban J connectivity index is 1.26. The molecular weight excluding hydrogens is 484 g/mol. The molecule has 1 N–H and O–H groups in total. The highest BCUT2D eigenvalue weighted by molar-refractivity contribution is 7.89. The Morgan fingerprint density at radius 3 is 2.62 bits per heavy atom. The predicted octanol–water partition coefficient (Wildman–Crippen LogP) is 3.20. The minimum Gasteiger partial charge on any atom is -0.486 e. The Bertz CT molecular complexity index is 1310. The molecule has 2 aliphatic rings.